The first-order chi connectivity index (χ1) is 14.3. The van der Waals surface area contributed by atoms with E-state index in [1.807, 2.05) is 0 Å². The minimum Gasteiger partial charge on any atom is -0.480 e. The minimum atomic E-state index is -4.69. The molecule has 1 atom stereocenters. The van der Waals surface area contributed by atoms with Crippen LogP contribution in [-0.4, -0.2) is 21.6 Å². The average Bonchev–Trinajstić information content (AvgIpc) is 3.02. The largest absolute Gasteiger partial charge is 0.480 e. The van der Waals surface area contributed by atoms with Crippen molar-refractivity contribution in [2.24, 2.45) is 4.99 Å². The van der Waals surface area contributed by atoms with Gasteiger partial charge in [0.25, 0.3) is 5.91 Å². The molecule has 0 saturated carbocycles. The van der Waals surface area contributed by atoms with Gasteiger partial charge in [-0.15, -0.1) is 0 Å². The van der Waals surface area contributed by atoms with Crippen molar-refractivity contribution in [3.8, 4) is 0 Å². The van der Waals surface area contributed by atoms with E-state index in [4.69, 9.17) is 0 Å². The number of hydrogen-bond acceptors (Lipinski definition) is 3. The Kier molecular flexibility index (Phi) is 5.70. The lowest BCUT2D eigenvalue weighted by Crippen LogP contribution is -2.25. The van der Waals surface area contributed by atoms with Crippen LogP contribution in [0.25, 0.3) is 10.2 Å². The standard InChI is InChI=1S/C19H12F6N2O3S/c1-9(16(29)30)27-13-6-5-12(19(23,24)25)8-14(13)31-17(27)26-15(28)10-3-2-4-11(7-10)18(20,21)22/h2-9H,1H3,(H,29,30). The second kappa shape index (κ2) is 7.84. The number of carboxylic acids is 1. The molecule has 0 aliphatic carbocycles. The Hall–Kier alpha value is -3.15. The molecule has 0 radical (unpaired) electrons. The molecule has 0 fully saturated rings. The number of amides is 1. The van der Waals surface area contributed by atoms with Crippen molar-refractivity contribution < 1.29 is 41.0 Å². The van der Waals surface area contributed by atoms with Crippen LogP contribution >= 0.6 is 11.3 Å². The molecule has 0 aliphatic rings. The van der Waals surface area contributed by atoms with E-state index in [-0.39, 0.29) is 15.0 Å². The maximum atomic E-state index is 13.0. The van der Waals surface area contributed by atoms with E-state index in [0.717, 1.165) is 41.0 Å². The highest BCUT2D eigenvalue weighted by molar-refractivity contribution is 7.16. The first-order valence-corrected chi connectivity index (χ1v) is 9.32. The van der Waals surface area contributed by atoms with Gasteiger partial charge in [0.1, 0.15) is 6.04 Å². The van der Waals surface area contributed by atoms with Gasteiger partial charge in [-0.3, -0.25) is 4.79 Å². The van der Waals surface area contributed by atoms with E-state index in [2.05, 4.69) is 4.99 Å². The van der Waals surface area contributed by atoms with Gasteiger partial charge in [-0.2, -0.15) is 31.3 Å². The highest BCUT2D eigenvalue weighted by atomic mass is 32.1. The SMILES string of the molecule is CC(C(=O)O)n1c(=NC(=O)c2cccc(C(F)(F)F)c2)sc2cc(C(F)(F)F)ccc21. The van der Waals surface area contributed by atoms with Gasteiger partial charge in [0.2, 0.25) is 0 Å². The van der Waals surface area contributed by atoms with Gasteiger partial charge in [-0.1, -0.05) is 17.4 Å². The number of halogens is 6. The summed E-state index contributed by atoms with van der Waals surface area (Å²) in [7, 11) is 0. The Morgan fingerprint density at radius 2 is 1.61 bits per heavy atom. The van der Waals surface area contributed by atoms with Gasteiger partial charge in [-0.05, 0) is 43.3 Å². The van der Waals surface area contributed by atoms with Gasteiger partial charge in [0, 0.05) is 5.56 Å². The third-order valence-corrected chi connectivity index (χ3v) is 5.35. The number of benzene rings is 2. The normalized spacial score (nSPS) is 14.1. The smallest absolute Gasteiger partial charge is 0.416 e. The molecule has 12 heteroatoms. The first-order valence-electron chi connectivity index (χ1n) is 8.50. The van der Waals surface area contributed by atoms with Crippen molar-refractivity contribution in [3.63, 3.8) is 0 Å². The number of fused-ring (bicyclic) bond motifs is 1. The van der Waals surface area contributed by atoms with E-state index in [1.54, 1.807) is 0 Å². The summed E-state index contributed by atoms with van der Waals surface area (Å²) in [6.07, 6.45) is -9.34. The van der Waals surface area contributed by atoms with Gasteiger partial charge < -0.3 is 9.67 Å². The van der Waals surface area contributed by atoms with E-state index >= 15 is 0 Å². The lowest BCUT2D eigenvalue weighted by molar-refractivity contribution is -0.140. The van der Waals surface area contributed by atoms with E-state index in [1.165, 1.54) is 6.92 Å². The molecule has 3 aromatic rings. The van der Waals surface area contributed by atoms with Crippen LogP contribution in [0.2, 0.25) is 0 Å². The van der Waals surface area contributed by atoms with Crippen molar-refractivity contribution in [1.29, 1.82) is 0 Å². The number of aromatic nitrogens is 1. The maximum absolute atomic E-state index is 13.0. The third kappa shape index (κ3) is 4.63. The zero-order chi connectivity index (χ0) is 23.1. The molecule has 0 spiro atoms. The fraction of sp³-hybridized carbons (Fsp3) is 0.211. The van der Waals surface area contributed by atoms with Crippen molar-refractivity contribution in [1.82, 2.24) is 4.57 Å². The fourth-order valence-corrected chi connectivity index (χ4v) is 3.90. The van der Waals surface area contributed by atoms with Crippen LogP contribution in [0.3, 0.4) is 0 Å². The van der Waals surface area contributed by atoms with Crippen LogP contribution < -0.4 is 4.80 Å². The van der Waals surface area contributed by atoms with Crippen LogP contribution in [0.4, 0.5) is 26.3 Å². The van der Waals surface area contributed by atoms with Gasteiger partial charge >= 0.3 is 18.3 Å². The Bertz CT molecular complexity index is 1240. The summed E-state index contributed by atoms with van der Waals surface area (Å²) >= 11 is 0.623. The van der Waals surface area contributed by atoms with Crippen LogP contribution in [0.15, 0.2) is 47.5 Å². The number of thiazole rings is 1. The second-order valence-electron chi connectivity index (χ2n) is 6.44. The van der Waals surface area contributed by atoms with Crippen molar-refractivity contribution >= 4 is 33.4 Å². The van der Waals surface area contributed by atoms with E-state index in [0.29, 0.717) is 17.4 Å². The molecular formula is C19H12F6N2O3S. The second-order valence-corrected chi connectivity index (χ2v) is 7.45. The molecule has 31 heavy (non-hydrogen) atoms. The summed E-state index contributed by atoms with van der Waals surface area (Å²) in [5, 5.41) is 9.35. The number of nitrogens with zero attached hydrogens (tertiary/aromatic N) is 2. The van der Waals surface area contributed by atoms with Crippen LogP contribution in [0, 0.1) is 0 Å². The molecule has 1 amide bonds. The number of hydrogen-bond donors (Lipinski definition) is 1. The zero-order valence-corrected chi connectivity index (χ0v) is 16.3. The lowest BCUT2D eigenvalue weighted by atomic mass is 10.1. The Morgan fingerprint density at radius 1 is 1.00 bits per heavy atom. The van der Waals surface area contributed by atoms with Gasteiger partial charge in [-0.25, -0.2) is 4.79 Å². The van der Waals surface area contributed by atoms with Crippen LogP contribution in [-0.2, 0) is 17.1 Å². The molecule has 1 heterocycles. The van der Waals surface area contributed by atoms with Crippen LogP contribution in [0.5, 0.6) is 0 Å². The van der Waals surface area contributed by atoms with Crippen molar-refractivity contribution in [2.45, 2.75) is 25.3 Å². The molecule has 0 saturated heterocycles. The summed E-state index contributed by atoms with van der Waals surface area (Å²) in [5.74, 6) is -2.44. The highest BCUT2D eigenvalue weighted by Gasteiger charge is 2.32. The number of alkyl halides is 6. The molecule has 5 nitrogen and oxygen atoms in total. The molecule has 1 aromatic heterocycles. The van der Waals surface area contributed by atoms with E-state index < -0.39 is 47.0 Å². The Balaban J connectivity index is 2.20. The molecular weight excluding hydrogens is 450 g/mol. The number of carbonyl (C=O) groups is 2. The van der Waals surface area contributed by atoms with Crippen molar-refractivity contribution in [3.05, 3.63) is 64.0 Å². The minimum absolute atomic E-state index is 0.0125. The van der Waals surface area contributed by atoms with Gasteiger partial charge in [0.05, 0.1) is 21.3 Å². The Labute approximate surface area is 173 Å². The van der Waals surface area contributed by atoms with Gasteiger partial charge in [0.15, 0.2) is 4.80 Å². The first kappa shape index (κ1) is 22.5. The fourth-order valence-electron chi connectivity index (χ4n) is 2.76. The predicted molar refractivity (Wildman–Crippen MR) is 98.5 cm³/mol. The monoisotopic (exact) mass is 462 g/mol. The molecule has 164 valence electrons. The Morgan fingerprint density at radius 3 is 2.19 bits per heavy atom. The average molecular weight is 462 g/mol. The molecule has 1 N–H and O–H groups in total. The summed E-state index contributed by atoms with van der Waals surface area (Å²) in [5.41, 5.74) is -2.38. The quantitative estimate of drug-likeness (QED) is 0.549. The third-order valence-electron chi connectivity index (χ3n) is 4.33. The topological polar surface area (TPSA) is 71.7 Å². The summed E-state index contributed by atoms with van der Waals surface area (Å²) in [6, 6.07) is 4.77. The molecule has 1 unspecified atom stereocenters. The summed E-state index contributed by atoms with van der Waals surface area (Å²) < 4.78 is 78.8. The summed E-state index contributed by atoms with van der Waals surface area (Å²) in [4.78, 5) is 27.4. The highest BCUT2D eigenvalue weighted by Crippen LogP contribution is 2.33. The lowest BCUT2D eigenvalue weighted by Gasteiger charge is -2.11. The maximum Gasteiger partial charge on any atom is 0.416 e. The number of aliphatic carboxylic acids is 1. The number of carboxylic acid groups (broad SMARTS) is 1. The molecule has 0 bridgehead atoms. The molecule has 3 rings (SSSR count). The summed E-state index contributed by atoms with van der Waals surface area (Å²) in [6.45, 7) is 1.24. The number of rotatable bonds is 3. The predicted octanol–water partition coefficient (Wildman–Crippen LogP) is 5.13. The van der Waals surface area contributed by atoms with Crippen LogP contribution in [0.1, 0.15) is 34.5 Å². The molecule has 0 aliphatic heterocycles. The zero-order valence-electron chi connectivity index (χ0n) is 15.5. The van der Waals surface area contributed by atoms with Crippen molar-refractivity contribution in [2.75, 3.05) is 0 Å². The molecule has 2 aromatic carbocycles. The number of carbonyl (C=O) groups excluding carboxylic acids is 1. The van der Waals surface area contributed by atoms with E-state index in [9.17, 15) is 41.0 Å².